The summed E-state index contributed by atoms with van der Waals surface area (Å²) in [6, 6.07) is 5.23. The zero-order valence-corrected chi connectivity index (χ0v) is 8.12. The van der Waals surface area contributed by atoms with Crippen LogP contribution in [0.15, 0.2) is 18.2 Å². The maximum absolute atomic E-state index is 5.86. The number of benzene rings is 1. The number of anilines is 1. The Morgan fingerprint density at radius 3 is 2.83 bits per heavy atom. The molecule has 4 heteroatoms. The maximum Gasteiger partial charge on any atom is 0.116 e. The molecule has 2 nitrogen and oxygen atoms in total. The van der Waals surface area contributed by atoms with E-state index in [1.165, 1.54) is 0 Å². The number of methoxy groups -OCH3 is 1. The molecule has 0 atom stereocenters. The van der Waals surface area contributed by atoms with Crippen molar-refractivity contribution in [2.75, 3.05) is 19.2 Å². The quantitative estimate of drug-likeness (QED) is 0.767. The van der Waals surface area contributed by atoms with Gasteiger partial charge < -0.3 is 10.1 Å². The van der Waals surface area contributed by atoms with Gasteiger partial charge >= 0.3 is 0 Å². The molecule has 0 aliphatic rings. The third kappa shape index (κ3) is 2.55. The van der Waals surface area contributed by atoms with Gasteiger partial charge in [-0.05, 0) is 18.2 Å². The normalized spacial score (nSPS) is 9.92. The fourth-order valence-corrected chi connectivity index (χ4v) is 1.14. The topological polar surface area (TPSA) is 21.3 Å². The van der Waals surface area contributed by atoms with Gasteiger partial charge in [-0.3, -0.25) is 0 Å². The van der Waals surface area contributed by atoms with E-state index in [0.29, 0.717) is 16.8 Å². The van der Waals surface area contributed by atoms with E-state index in [1.807, 2.05) is 0 Å². The molecule has 0 radical (unpaired) electrons. The molecule has 0 bridgehead atoms. The first-order valence-corrected chi connectivity index (χ1v) is 4.17. The Kier molecular flexibility index (Phi) is 3.66. The number of ether oxygens (including phenoxy) is 1. The Morgan fingerprint density at radius 2 is 2.17 bits per heavy atom. The monoisotopic (exact) mass is 205 g/mol. The molecule has 1 N–H and O–H groups in total. The molecular formula is C8H9Cl2NO. The Balaban J connectivity index is 2.75. The average molecular weight is 206 g/mol. The van der Waals surface area contributed by atoms with Crippen molar-refractivity contribution >= 4 is 28.9 Å². The van der Waals surface area contributed by atoms with Crippen molar-refractivity contribution in [3.8, 4) is 0 Å². The van der Waals surface area contributed by atoms with Crippen molar-refractivity contribution in [3.63, 3.8) is 0 Å². The second-order valence-corrected chi connectivity index (χ2v) is 3.08. The van der Waals surface area contributed by atoms with Crippen LogP contribution in [-0.4, -0.2) is 13.8 Å². The van der Waals surface area contributed by atoms with Crippen LogP contribution in [0.4, 0.5) is 5.69 Å². The molecular weight excluding hydrogens is 197 g/mol. The van der Waals surface area contributed by atoms with E-state index in [4.69, 9.17) is 27.9 Å². The summed E-state index contributed by atoms with van der Waals surface area (Å²) in [5.41, 5.74) is 0.783. The molecule has 0 aliphatic heterocycles. The minimum Gasteiger partial charge on any atom is -0.365 e. The van der Waals surface area contributed by atoms with E-state index in [2.05, 4.69) is 5.32 Å². The van der Waals surface area contributed by atoms with E-state index < -0.39 is 0 Å². The first-order valence-electron chi connectivity index (χ1n) is 3.42. The minimum atomic E-state index is 0.417. The van der Waals surface area contributed by atoms with Crippen LogP contribution in [0.5, 0.6) is 0 Å². The third-order valence-electron chi connectivity index (χ3n) is 1.34. The molecule has 1 rings (SSSR count). The van der Waals surface area contributed by atoms with Gasteiger partial charge in [0, 0.05) is 12.1 Å². The van der Waals surface area contributed by atoms with E-state index in [-0.39, 0.29) is 0 Å². The van der Waals surface area contributed by atoms with Crippen LogP contribution in [0, 0.1) is 0 Å². The van der Waals surface area contributed by atoms with Crippen LogP contribution in [0.1, 0.15) is 0 Å². The first kappa shape index (κ1) is 9.65. The highest BCUT2D eigenvalue weighted by atomic mass is 35.5. The number of nitrogens with one attached hydrogen (secondary N) is 1. The van der Waals surface area contributed by atoms with E-state index in [9.17, 15) is 0 Å². The molecule has 0 saturated heterocycles. The van der Waals surface area contributed by atoms with E-state index in [1.54, 1.807) is 25.3 Å². The summed E-state index contributed by atoms with van der Waals surface area (Å²) in [7, 11) is 1.60. The Bertz CT molecular complexity index is 265. The molecule has 12 heavy (non-hydrogen) atoms. The van der Waals surface area contributed by atoms with Gasteiger partial charge in [0.1, 0.15) is 6.73 Å². The summed E-state index contributed by atoms with van der Waals surface area (Å²) in [5.74, 6) is 0. The number of halogens is 2. The van der Waals surface area contributed by atoms with Gasteiger partial charge in [0.25, 0.3) is 0 Å². The van der Waals surface area contributed by atoms with Crippen molar-refractivity contribution in [2.24, 2.45) is 0 Å². The van der Waals surface area contributed by atoms with Gasteiger partial charge in [0.2, 0.25) is 0 Å². The lowest BCUT2D eigenvalue weighted by Crippen LogP contribution is -2.03. The molecule has 1 aromatic rings. The SMILES string of the molecule is COCNc1cc(Cl)ccc1Cl. The smallest absolute Gasteiger partial charge is 0.116 e. The number of hydrogen-bond donors (Lipinski definition) is 1. The molecule has 0 fully saturated rings. The highest BCUT2D eigenvalue weighted by Crippen LogP contribution is 2.24. The van der Waals surface area contributed by atoms with Gasteiger partial charge in [-0.1, -0.05) is 23.2 Å². The van der Waals surface area contributed by atoms with E-state index >= 15 is 0 Å². The van der Waals surface area contributed by atoms with Crippen molar-refractivity contribution in [1.82, 2.24) is 0 Å². The van der Waals surface area contributed by atoms with Crippen molar-refractivity contribution in [3.05, 3.63) is 28.2 Å². The standard InChI is InChI=1S/C8H9Cl2NO/c1-12-5-11-8-4-6(9)2-3-7(8)10/h2-4,11H,5H2,1H3. The lowest BCUT2D eigenvalue weighted by atomic mass is 10.3. The van der Waals surface area contributed by atoms with Gasteiger partial charge in [-0.2, -0.15) is 0 Å². The maximum atomic E-state index is 5.86. The zero-order chi connectivity index (χ0) is 8.97. The van der Waals surface area contributed by atoms with Crippen LogP contribution in [0.25, 0.3) is 0 Å². The lowest BCUT2D eigenvalue weighted by Gasteiger charge is -2.06. The summed E-state index contributed by atoms with van der Waals surface area (Å²) in [5, 5.41) is 4.25. The molecule has 0 amide bonds. The van der Waals surface area contributed by atoms with Crippen LogP contribution in [0.2, 0.25) is 10.0 Å². The van der Waals surface area contributed by atoms with E-state index in [0.717, 1.165) is 5.69 Å². The van der Waals surface area contributed by atoms with Gasteiger partial charge in [-0.15, -0.1) is 0 Å². The van der Waals surface area contributed by atoms with Crippen LogP contribution in [0.3, 0.4) is 0 Å². The average Bonchev–Trinajstić information content (AvgIpc) is 2.07. The third-order valence-corrected chi connectivity index (χ3v) is 1.90. The predicted molar refractivity (Wildman–Crippen MR) is 52.0 cm³/mol. The summed E-state index contributed by atoms with van der Waals surface area (Å²) in [6.07, 6.45) is 0. The van der Waals surface area contributed by atoms with Crippen molar-refractivity contribution in [1.29, 1.82) is 0 Å². The van der Waals surface area contributed by atoms with Gasteiger partial charge in [0.15, 0.2) is 0 Å². The molecule has 0 spiro atoms. The van der Waals surface area contributed by atoms with Gasteiger partial charge in [-0.25, -0.2) is 0 Å². The molecule has 0 aliphatic carbocycles. The van der Waals surface area contributed by atoms with Crippen LogP contribution < -0.4 is 5.32 Å². The lowest BCUT2D eigenvalue weighted by molar-refractivity contribution is 0.221. The molecule has 66 valence electrons. The summed E-state index contributed by atoms with van der Waals surface area (Å²) in [6.45, 7) is 0.417. The predicted octanol–water partition coefficient (Wildman–Crippen LogP) is 3.01. The fraction of sp³-hybridized carbons (Fsp3) is 0.250. The molecule has 0 unspecified atom stereocenters. The highest BCUT2D eigenvalue weighted by molar-refractivity contribution is 6.35. The number of hydrogen-bond acceptors (Lipinski definition) is 2. The number of rotatable bonds is 3. The second kappa shape index (κ2) is 4.55. The summed E-state index contributed by atoms with van der Waals surface area (Å²) < 4.78 is 4.83. The largest absolute Gasteiger partial charge is 0.365 e. The van der Waals surface area contributed by atoms with Crippen LogP contribution in [-0.2, 0) is 4.74 Å². The fourth-order valence-electron chi connectivity index (χ4n) is 0.783. The van der Waals surface area contributed by atoms with Crippen LogP contribution >= 0.6 is 23.2 Å². The second-order valence-electron chi connectivity index (χ2n) is 2.23. The minimum absolute atomic E-state index is 0.417. The molecule has 1 aromatic carbocycles. The first-order chi connectivity index (χ1) is 5.74. The Labute approximate surface area is 81.4 Å². The Morgan fingerprint density at radius 1 is 1.42 bits per heavy atom. The molecule has 0 heterocycles. The molecule has 0 saturated carbocycles. The summed E-state index contributed by atoms with van der Waals surface area (Å²) >= 11 is 11.6. The van der Waals surface area contributed by atoms with Gasteiger partial charge in [0.05, 0.1) is 10.7 Å². The summed E-state index contributed by atoms with van der Waals surface area (Å²) in [4.78, 5) is 0. The zero-order valence-electron chi connectivity index (χ0n) is 6.60. The molecule has 0 aromatic heterocycles. The van der Waals surface area contributed by atoms with Crippen molar-refractivity contribution in [2.45, 2.75) is 0 Å². The Hall–Kier alpha value is -0.440. The van der Waals surface area contributed by atoms with Crippen molar-refractivity contribution < 1.29 is 4.74 Å². The highest BCUT2D eigenvalue weighted by Gasteiger charge is 1.98.